The van der Waals surface area contributed by atoms with Crippen molar-refractivity contribution in [3.05, 3.63) is 24.2 Å². The number of carbonyl (C=O) groups is 3. The minimum absolute atomic E-state index is 0.00523. The van der Waals surface area contributed by atoms with E-state index in [-0.39, 0.29) is 19.4 Å². The average Bonchev–Trinajstić information content (AvgIpc) is 3.01. The Kier molecular flexibility index (Phi) is 6.79. The van der Waals surface area contributed by atoms with E-state index in [1.165, 1.54) is 20.5 Å². The van der Waals surface area contributed by atoms with Crippen molar-refractivity contribution in [3.63, 3.8) is 0 Å². The Labute approximate surface area is 121 Å². The number of ether oxygens (including phenoxy) is 2. The summed E-state index contributed by atoms with van der Waals surface area (Å²) in [5.41, 5.74) is 0. The highest BCUT2D eigenvalue weighted by atomic mass is 16.5. The largest absolute Gasteiger partial charge is 0.469 e. The van der Waals surface area contributed by atoms with Crippen molar-refractivity contribution >= 4 is 18.0 Å². The molecule has 0 aromatic carbocycles. The molecule has 0 aliphatic heterocycles. The molecule has 0 bridgehead atoms. The normalized spacial score (nSPS) is 11.3. The smallest absolute Gasteiger partial charge is 0.328 e. The van der Waals surface area contributed by atoms with Gasteiger partial charge in [0.05, 0.1) is 27.0 Å². The monoisotopic (exact) mass is 298 g/mol. The number of hydrogen-bond acceptors (Lipinski definition) is 6. The number of urea groups is 1. The lowest BCUT2D eigenvalue weighted by Gasteiger charge is -2.16. The molecule has 0 unspecified atom stereocenters. The number of rotatable bonds is 7. The molecule has 1 aromatic rings. The molecule has 2 amide bonds. The molecule has 1 atom stereocenters. The number of carbonyl (C=O) groups excluding carboxylic acids is 3. The summed E-state index contributed by atoms with van der Waals surface area (Å²) in [5, 5.41) is 4.96. The Hall–Kier alpha value is -2.51. The Bertz CT molecular complexity index is 471. The first-order valence-corrected chi connectivity index (χ1v) is 6.28. The molecule has 0 saturated heterocycles. The third kappa shape index (κ3) is 5.98. The van der Waals surface area contributed by atoms with Gasteiger partial charge in [-0.15, -0.1) is 0 Å². The van der Waals surface area contributed by atoms with Gasteiger partial charge in [-0.2, -0.15) is 0 Å². The van der Waals surface area contributed by atoms with Gasteiger partial charge in [0.15, 0.2) is 0 Å². The molecule has 116 valence electrons. The van der Waals surface area contributed by atoms with Crippen LogP contribution in [0.15, 0.2) is 22.8 Å². The first kappa shape index (κ1) is 16.5. The number of nitrogens with one attached hydrogen (secondary N) is 2. The van der Waals surface area contributed by atoms with Crippen molar-refractivity contribution in [3.8, 4) is 0 Å². The van der Waals surface area contributed by atoms with Crippen LogP contribution in [-0.4, -0.2) is 38.2 Å². The van der Waals surface area contributed by atoms with Crippen LogP contribution in [0.3, 0.4) is 0 Å². The Morgan fingerprint density at radius 1 is 1.29 bits per heavy atom. The first-order valence-electron chi connectivity index (χ1n) is 6.28. The van der Waals surface area contributed by atoms with Gasteiger partial charge in [-0.3, -0.25) is 4.79 Å². The van der Waals surface area contributed by atoms with Crippen molar-refractivity contribution in [2.45, 2.75) is 25.4 Å². The van der Waals surface area contributed by atoms with E-state index in [1.807, 2.05) is 0 Å². The molecular weight excluding hydrogens is 280 g/mol. The van der Waals surface area contributed by atoms with Crippen LogP contribution in [0, 0.1) is 0 Å². The zero-order valence-corrected chi connectivity index (χ0v) is 11.9. The van der Waals surface area contributed by atoms with Gasteiger partial charge in [0.1, 0.15) is 11.8 Å². The van der Waals surface area contributed by atoms with Crippen LogP contribution in [0.2, 0.25) is 0 Å². The number of amides is 2. The van der Waals surface area contributed by atoms with Crippen LogP contribution in [-0.2, 0) is 25.6 Å². The SMILES string of the molecule is COC(=O)CC[C@H](NC(=O)NCc1ccco1)C(=O)OC. The minimum Gasteiger partial charge on any atom is -0.469 e. The summed E-state index contributed by atoms with van der Waals surface area (Å²) in [5.74, 6) is -0.525. The van der Waals surface area contributed by atoms with Gasteiger partial charge in [0, 0.05) is 6.42 Å². The predicted octanol–water partition coefficient (Wildman–Crippen LogP) is 0.574. The fourth-order valence-electron chi connectivity index (χ4n) is 1.55. The number of hydrogen-bond donors (Lipinski definition) is 2. The second-order valence-corrected chi connectivity index (χ2v) is 4.10. The summed E-state index contributed by atoms with van der Waals surface area (Å²) in [7, 11) is 2.45. The number of furan rings is 1. The van der Waals surface area contributed by atoms with Gasteiger partial charge in [-0.1, -0.05) is 0 Å². The molecule has 1 heterocycles. The molecule has 1 aromatic heterocycles. The number of methoxy groups -OCH3 is 2. The second-order valence-electron chi connectivity index (χ2n) is 4.10. The molecule has 0 radical (unpaired) electrons. The molecule has 0 fully saturated rings. The molecule has 0 aliphatic carbocycles. The summed E-state index contributed by atoms with van der Waals surface area (Å²) in [6.45, 7) is 0.184. The van der Waals surface area contributed by atoms with Crippen LogP contribution in [0.5, 0.6) is 0 Å². The third-order valence-electron chi connectivity index (χ3n) is 2.66. The summed E-state index contributed by atoms with van der Waals surface area (Å²) < 4.78 is 14.1. The quantitative estimate of drug-likeness (QED) is 0.713. The first-order chi connectivity index (χ1) is 10.1. The van der Waals surface area contributed by atoms with E-state index in [0.29, 0.717) is 5.76 Å². The van der Waals surface area contributed by atoms with Gasteiger partial charge in [0.25, 0.3) is 0 Å². The zero-order chi connectivity index (χ0) is 15.7. The average molecular weight is 298 g/mol. The van der Waals surface area contributed by atoms with Crippen LogP contribution in [0.1, 0.15) is 18.6 Å². The predicted molar refractivity (Wildman–Crippen MR) is 71.1 cm³/mol. The van der Waals surface area contributed by atoms with E-state index in [1.54, 1.807) is 12.1 Å². The van der Waals surface area contributed by atoms with E-state index < -0.39 is 24.0 Å². The van der Waals surface area contributed by atoms with Crippen molar-refractivity contribution in [2.24, 2.45) is 0 Å². The molecule has 21 heavy (non-hydrogen) atoms. The van der Waals surface area contributed by atoms with Gasteiger partial charge in [-0.25, -0.2) is 9.59 Å². The fourth-order valence-corrected chi connectivity index (χ4v) is 1.55. The molecule has 0 aliphatic rings. The summed E-state index contributed by atoms with van der Waals surface area (Å²) in [4.78, 5) is 34.3. The van der Waals surface area contributed by atoms with E-state index in [4.69, 9.17) is 4.42 Å². The highest BCUT2D eigenvalue weighted by molar-refractivity contribution is 5.84. The second kappa shape index (κ2) is 8.62. The molecular formula is C13H18N2O6. The third-order valence-corrected chi connectivity index (χ3v) is 2.66. The van der Waals surface area contributed by atoms with Gasteiger partial charge >= 0.3 is 18.0 Å². The van der Waals surface area contributed by atoms with Gasteiger partial charge < -0.3 is 24.5 Å². The van der Waals surface area contributed by atoms with Gasteiger partial charge in [0.2, 0.25) is 0 Å². The number of esters is 2. The summed E-state index contributed by atoms with van der Waals surface area (Å²) in [6.07, 6.45) is 1.57. The van der Waals surface area contributed by atoms with Crippen molar-refractivity contribution < 1.29 is 28.3 Å². The van der Waals surface area contributed by atoms with Crippen LogP contribution >= 0.6 is 0 Å². The fraction of sp³-hybridized carbons (Fsp3) is 0.462. The van der Waals surface area contributed by atoms with Crippen LogP contribution in [0.4, 0.5) is 4.79 Å². The summed E-state index contributed by atoms with van der Waals surface area (Å²) in [6, 6.07) is 1.91. The van der Waals surface area contributed by atoms with E-state index >= 15 is 0 Å². The zero-order valence-electron chi connectivity index (χ0n) is 11.9. The maximum atomic E-state index is 11.7. The standard InChI is InChI=1S/C13H18N2O6/c1-19-11(16)6-5-10(12(17)20-2)15-13(18)14-8-9-4-3-7-21-9/h3-4,7,10H,5-6,8H2,1-2H3,(H2,14,15,18)/t10-/m0/s1. The minimum atomic E-state index is -0.925. The molecule has 0 saturated carbocycles. The molecule has 8 nitrogen and oxygen atoms in total. The topological polar surface area (TPSA) is 107 Å². The molecule has 0 spiro atoms. The molecule has 1 rings (SSSR count). The molecule has 8 heteroatoms. The Morgan fingerprint density at radius 3 is 2.62 bits per heavy atom. The summed E-state index contributed by atoms with van der Waals surface area (Å²) >= 11 is 0. The van der Waals surface area contributed by atoms with Crippen molar-refractivity contribution in [1.29, 1.82) is 0 Å². The lowest BCUT2D eigenvalue weighted by Crippen LogP contribution is -2.46. The maximum absolute atomic E-state index is 11.7. The maximum Gasteiger partial charge on any atom is 0.328 e. The van der Waals surface area contributed by atoms with E-state index in [0.717, 1.165) is 0 Å². The van der Waals surface area contributed by atoms with Crippen LogP contribution in [0.25, 0.3) is 0 Å². The lowest BCUT2D eigenvalue weighted by atomic mass is 10.1. The van der Waals surface area contributed by atoms with Crippen LogP contribution < -0.4 is 10.6 Å². The Balaban J connectivity index is 2.44. The van der Waals surface area contributed by atoms with E-state index in [9.17, 15) is 14.4 Å². The van der Waals surface area contributed by atoms with Crippen molar-refractivity contribution in [1.82, 2.24) is 10.6 Å². The molecule has 2 N–H and O–H groups in total. The lowest BCUT2D eigenvalue weighted by molar-refractivity contribution is -0.144. The highest BCUT2D eigenvalue weighted by Gasteiger charge is 2.22. The van der Waals surface area contributed by atoms with Crippen molar-refractivity contribution in [2.75, 3.05) is 14.2 Å². The van der Waals surface area contributed by atoms with Gasteiger partial charge in [-0.05, 0) is 18.6 Å². The Morgan fingerprint density at radius 2 is 2.05 bits per heavy atom. The van der Waals surface area contributed by atoms with E-state index in [2.05, 4.69) is 20.1 Å². The highest BCUT2D eigenvalue weighted by Crippen LogP contribution is 2.02.